The van der Waals surface area contributed by atoms with Crippen molar-refractivity contribution in [2.75, 3.05) is 13.6 Å². The van der Waals surface area contributed by atoms with Crippen LogP contribution in [0.15, 0.2) is 60.2 Å². The number of ether oxygens (including phenoxy) is 1. The highest BCUT2D eigenvalue weighted by atomic mass is 16.5. The van der Waals surface area contributed by atoms with Crippen LogP contribution in [0.3, 0.4) is 0 Å². The van der Waals surface area contributed by atoms with Gasteiger partial charge in [-0.2, -0.15) is 0 Å². The summed E-state index contributed by atoms with van der Waals surface area (Å²) in [4.78, 5) is 0. The molecule has 0 aliphatic rings. The van der Waals surface area contributed by atoms with Crippen LogP contribution in [0, 0.1) is 0 Å². The maximum absolute atomic E-state index is 5.79. The van der Waals surface area contributed by atoms with Crippen LogP contribution >= 0.6 is 0 Å². The molecule has 21 heavy (non-hydrogen) atoms. The molecule has 0 bridgehead atoms. The minimum Gasteiger partial charge on any atom is -0.489 e. The molecule has 2 aromatic carbocycles. The molecule has 0 aliphatic heterocycles. The molecule has 0 unspecified atom stereocenters. The number of hydrogen-bond donors (Lipinski definition) is 1. The van der Waals surface area contributed by atoms with Crippen molar-refractivity contribution >= 4 is 6.08 Å². The number of rotatable bonds is 7. The molecule has 1 N–H and O–H groups in total. The Labute approximate surface area is 127 Å². The first-order valence-corrected chi connectivity index (χ1v) is 7.42. The first-order valence-electron chi connectivity index (χ1n) is 7.42. The van der Waals surface area contributed by atoms with Gasteiger partial charge in [0.25, 0.3) is 0 Å². The Kier molecular flexibility index (Phi) is 6.04. The second-order valence-corrected chi connectivity index (χ2v) is 5.03. The fourth-order valence-electron chi connectivity index (χ4n) is 2.14. The van der Waals surface area contributed by atoms with Gasteiger partial charge in [-0.15, -0.1) is 0 Å². The van der Waals surface area contributed by atoms with Crippen molar-refractivity contribution in [2.45, 2.75) is 20.0 Å². The molecule has 0 radical (unpaired) electrons. The molecule has 0 atom stereocenters. The zero-order chi connectivity index (χ0) is 14.9. The average molecular weight is 281 g/mol. The maximum atomic E-state index is 5.79. The van der Waals surface area contributed by atoms with Crippen molar-refractivity contribution in [3.05, 3.63) is 71.3 Å². The van der Waals surface area contributed by atoms with Crippen molar-refractivity contribution in [1.82, 2.24) is 5.32 Å². The van der Waals surface area contributed by atoms with Crippen LogP contribution in [0.1, 0.15) is 24.5 Å². The van der Waals surface area contributed by atoms with E-state index in [0.717, 1.165) is 18.7 Å². The van der Waals surface area contributed by atoms with Crippen molar-refractivity contribution in [2.24, 2.45) is 0 Å². The monoisotopic (exact) mass is 281 g/mol. The van der Waals surface area contributed by atoms with Gasteiger partial charge in [0, 0.05) is 6.54 Å². The van der Waals surface area contributed by atoms with E-state index in [9.17, 15) is 0 Å². The summed E-state index contributed by atoms with van der Waals surface area (Å²) < 4.78 is 5.79. The molecule has 0 saturated carbocycles. The van der Waals surface area contributed by atoms with Gasteiger partial charge in [0.05, 0.1) is 0 Å². The van der Waals surface area contributed by atoms with Crippen molar-refractivity contribution in [1.29, 1.82) is 0 Å². The van der Waals surface area contributed by atoms with Gasteiger partial charge in [0.1, 0.15) is 12.4 Å². The molecule has 0 aliphatic carbocycles. The summed E-state index contributed by atoms with van der Waals surface area (Å²) in [5, 5.41) is 3.20. The van der Waals surface area contributed by atoms with Crippen LogP contribution in [-0.2, 0) is 6.61 Å². The van der Waals surface area contributed by atoms with Crippen LogP contribution in [-0.4, -0.2) is 13.6 Å². The lowest BCUT2D eigenvalue weighted by molar-refractivity contribution is 0.306. The molecular formula is C19H23NO. The van der Waals surface area contributed by atoms with E-state index < -0.39 is 0 Å². The predicted octanol–water partition coefficient (Wildman–Crippen LogP) is 4.28. The van der Waals surface area contributed by atoms with Gasteiger partial charge in [-0.3, -0.25) is 0 Å². The van der Waals surface area contributed by atoms with Crippen LogP contribution in [0.25, 0.3) is 6.08 Å². The molecular weight excluding hydrogens is 258 g/mol. The molecule has 2 heteroatoms. The van der Waals surface area contributed by atoms with E-state index in [1.54, 1.807) is 0 Å². The normalized spacial score (nSPS) is 11.4. The SMILES string of the molecule is CCC(=Cc1ccc(OCc2ccccc2)cc1)CNC. The van der Waals surface area contributed by atoms with E-state index in [-0.39, 0.29) is 0 Å². The third-order valence-electron chi connectivity index (χ3n) is 3.36. The zero-order valence-electron chi connectivity index (χ0n) is 12.8. The van der Waals surface area contributed by atoms with Crippen molar-refractivity contribution in [3.63, 3.8) is 0 Å². The lowest BCUT2D eigenvalue weighted by Crippen LogP contribution is -2.09. The highest BCUT2D eigenvalue weighted by molar-refractivity contribution is 5.54. The van der Waals surface area contributed by atoms with Crippen molar-refractivity contribution < 1.29 is 4.74 Å². The minimum atomic E-state index is 0.607. The van der Waals surface area contributed by atoms with Gasteiger partial charge < -0.3 is 10.1 Å². The van der Waals surface area contributed by atoms with E-state index in [0.29, 0.717) is 6.61 Å². The standard InChI is InChI=1S/C19H23NO/c1-3-16(14-20-2)13-17-9-11-19(12-10-17)21-15-18-7-5-4-6-8-18/h4-13,20H,3,14-15H2,1-2H3. The lowest BCUT2D eigenvalue weighted by atomic mass is 10.1. The minimum absolute atomic E-state index is 0.607. The summed E-state index contributed by atoms with van der Waals surface area (Å²) in [7, 11) is 1.98. The Morgan fingerprint density at radius 2 is 1.76 bits per heavy atom. The molecule has 0 amide bonds. The smallest absolute Gasteiger partial charge is 0.119 e. The highest BCUT2D eigenvalue weighted by Crippen LogP contribution is 2.16. The molecule has 0 aromatic heterocycles. The molecule has 0 fully saturated rings. The Bertz CT molecular complexity index is 558. The second-order valence-electron chi connectivity index (χ2n) is 5.03. The van der Waals surface area contributed by atoms with Crippen molar-refractivity contribution in [3.8, 4) is 5.75 Å². The summed E-state index contributed by atoms with van der Waals surface area (Å²) in [5.41, 5.74) is 3.80. The summed E-state index contributed by atoms with van der Waals surface area (Å²) in [6.07, 6.45) is 3.30. The fourth-order valence-corrected chi connectivity index (χ4v) is 2.14. The Balaban J connectivity index is 1.95. The van der Waals surface area contributed by atoms with Crippen LogP contribution in [0.5, 0.6) is 5.75 Å². The molecule has 0 saturated heterocycles. The number of hydrogen-bond acceptors (Lipinski definition) is 2. The average Bonchev–Trinajstić information content (AvgIpc) is 2.54. The molecule has 2 aromatic rings. The molecule has 2 rings (SSSR count). The van der Waals surface area contributed by atoms with Gasteiger partial charge in [0.2, 0.25) is 0 Å². The molecule has 0 heterocycles. The number of nitrogens with one attached hydrogen (secondary N) is 1. The zero-order valence-corrected chi connectivity index (χ0v) is 12.8. The first-order chi connectivity index (χ1) is 10.3. The first kappa shape index (κ1) is 15.3. The Morgan fingerprint density at radius 3 is 2.38 bits per heavy atom. The van der Waals surface area contributed by atoms with E-state index in [2.05, 4.69) is 42.6 Å². The molecule has 2 nitrogen and oxygen atoms in total. The van der Waals surface area contributed by atoms with E-state index >= 15 is 0 Å². The summed E-state index contributed by atoms with van der Waals surface area (Å²) >= 11 is 0. The van der Waals surface area contributed by atoms with Gasteiger partial charge in [-0.25, -0.2) is 0 Å². The fraction of sp³-hybridized carbons (Fsp3) is 0.263. The third kappa shape index (κ3) is 5.09. The predicted molar refractivity (Wildman–Crippen MR) is 89.4 cm³/mol. The van der Waals surface area contributed by atoms with E-state index in [4.69, 9.17) is 4.74 Å². The molecule has 0 spiro atoms. The molecule has 110 valence electrons. The largest absolute Gasteiger partial charge is 0.489 e. The summed E-state index contributed by atoms with van der Waals surface area (Å²) in [5.74, 6) is 0.905. The quantitative estimate of drug-likeness (QED) is 0.818. The number of likely N-dealkylation sites (N-methyl/N-ethyl adjacent to an activating group) is 1. The van der Waals surface area contributed by atoms with E-state index in [1.165, 1.54) is 16.7 Å². The summed E-state index contributed by atoms with van der Waals surface area (Å²) in [6, 6.07) is 18.5. The second kappa shape index (κ2) is 8.28. The number of benzene rings is 2. The van der Waals surface area contributed by atoms with E-state index in [1.807, 2.05) is 37.4 Å². The lowest BCUT2D eigenvalue weighted by Gasteiger charge is -2.07. The third-order valence-corrected chi connectivity index (χ3v) is 3.36. The van der Waals surface area contributed by atoms with Gasteiger partial charge in [0.15, 0.2) is 0 Å². The van der Waals surface area contributed by atoms with Crippen LogP contribution in [0.2, 0.25) is 0 Å². The van der Waals surface area contributed by atoms with Gasteiger partial charge in [-0.05, 0) is 36.7 Å². The van der Waals surface area contributed by atoms with Crippen LogP contribution in [0.4, 0.5) is 0 Å². The maximum Gasteiger partial charge on any atom is 0.119 e. The summed E-state index contributed by atoms with van der Waals surface area (Å²) in [6.45, 7) is 3.72. The van der Waals surface area contributed by atoms with Gasteiger partial charge >= 0.3 is 0 Å². The highest BCUT2D eigenvalue weighted by Gasteiger charge is 1.97. The Morgan fingerprint density at radius 1 is 1.05 bits per heavy atom. The topological polar surface area (TPSA) is 21.3 Å². The Hall–Kier alpha value is -2.06. The van der Waals surface area contributed by atoms with Crippen LogP contribution < -0.4 is 10.1 Å². The van der Waals surface area contributed by atoms with Gasteiger partial charge in [-0.1, -0.05) is 61.0 Å².